The van der Waals surface area contributed by atoms with E-state index in [1.807, 2.05) is 24.3 Å². The third-order valence-corrected chi connectivity index (χ3v) is 10.4. The van der Waals surface area contributed by atoms with Gasteiger partial charge in [-0.05, 0) is 74.5 Å². The number of rotatable bonds is 9. The Morgan fingerprint density at radius 1 is 0.837 bits per heavy atom. The van der Waals surface area contributed by atoms with Gasteiger partial charge in [-0.25, -0.2) is 4.79 Å². The van der Waals surface area contributed by atoms with Crippen molar-refractivity contribution in [2.75, 3.05) is 6.61 Å². The van der Waals surface area contributed by atoms with Crippen molar-refractivity contribution in [2.45, 2.75) is 80.8 Å². The zero-order chi connectivity index (χ0) is 29.9. The molecule has 224 valence electrons. The molecular weight excluding hydrogens is 558 g/mol. The van der Waals surface area contributed by atoms with Crippen LogP contribution in [0.4, 0.5) is 0 Å². The maximum absolute atomic E-state index is 13.5. The predicted molar refractivity (Wildman–Crippen MR) is 168 cm³/mol. The first-order valence-corrected chi connectivity index (χ1v) is 16.5. The summed E-state index contributed by atoms with van der Waals surface area (Å²) in [4.78, 5) is 40.8. The minimum Gasteiger partial charge on any atom is -0.459 e. The number of ether oxygens (including phenoxy) is 2. The van der Waals surface area contributed by atoms with Crippen LogP contribution in [0.25, 0.3) is 0 Å². The van der Waals surface area contributed by atoms with Gasteiger partial charge in [0.15, 0.2) is 11.6 Å². The number of thioether (sulfide) groups is 1. The average Bonchev–Trinajstić information content (AvgIpc) is 3.03. The highest BCUT2D eigenvalue weighted by Gasteiger charge is 2.38. The van der Waals surface area contributed by atoms with Gasteiger partial charge in [0.05, 0.1) is 17.0 Å². The standard InChI is InChI=1S/C36H39NO5S/c1-2-3-19-41-24-17-15-23-21-25(18-16-22(23)20-24)42-36(40)29-12-7-6-11-28(29)35(37)43-31-14-8-13-30-32(31)34(39)27-10-5-4-9-26(27)33(30)38/h4-14,22-25,35H,2-3,15-21,37H2,1H3. The Balaban J connectivity index is 1.13. The molecule has 2 fully saturated rings. The highest BCUT2D eigenvalue weighted by atomic mass is 32.2. The predicted octanol–water partition coefficient (Wildman–Crippen LogP) is 7.52. The minimum absolute atomic E-state index is 0.104. The molecule has 0 saturated heterocycles. The Kier molecular flexibility index (Phi) is 9.12. The van der Waals surface area contributed by atoms with E-state index in [4.69, 9.17) is 15.2 Å². The number of unbranched alkanes of at least 4 members (excludes halogenated alkanes) is 1. The van der Waals surface area contributed by atoms with E-state index in [1.54, 1.807) is 42.5 Å². The minimum atomic E-state index is -0.644. The van der Waals surface area contributed by atoms with E-state index in [9.17, 15) is 14.4 Å². The maximum atomic E-state index is 13.5. The number of hydrogen-bond donors (Lipinski definition) is 1. The topological polar surface area (TPSA) is 95.7 Å². The molecule has 2 N–H and O–H groups in total. The van der Waals surface area contributed by atoms with Gasteiger partial charge in [0.25, 0.3) is 0 Å². The lowest BCUT2D eigenvalue weighted by Gasteiger charge is -2.41. The lowest BCUT2D eigenvalue weighted by molar-refractivity contribution is -0.0405. The van der Waals surface area contributed by atoms with Crippen LogP contribution >= 0.6 is 11.8 Å². The molecular formula is C36H39NO5S. The van der Waals surface area contributed by atoms with Crippen LogP contribution in [0, 0.1) is 11.8 Å². The first-order valence-electron chi connectivity index (χ1n) is 15.6. The van der Waals surface area contributed by atoms with Crippen molar-refractivity contribution < 1.29 is 23.9 Å². The van der Waals surface area contributed by atoms with Gasteiger partial charge in [-0.15, -0.1) is 11.8 Å². The lowest BCUT2D eigenvalue weighted by atomic mass is 9.69. The molecule has 3 aliphatic rings. The first-order chi connectivity index (χ1) is 20.9. The van der Waals surface area contributed by atoms with Gasteiger partial charge in [-0.2, -0.15) is 0 Å². The molecule has 2 saturated carbocycles. The molecule has 0 heterocycles. The van der Waals surface area contributed by atoms with E-state index in [1.165, 1.54) is 11.8 Å². The highest BCUT2D eigenvalue weighted by molar-refractivity contribution is 7.99. The molecule has 0 radical (unpaired) electrons. The number of benzene rings is 3. The number of hydrogen-bond acceptors (Lipinski definition) is 7. The second-order valence-electron chi connectivity index (χ2n) is 12.0. The summed E-state index contributed by atoms with van der Waals surface area (Å²) < 4.78 is 12.2. The van der Waals surface area contributed by atoms with Crippen molar-refractivity contribution in [3.63, 3.8) is 0 Å². The quantitative estimate of drug-likeness (QED) is 0.0922. The third kappa shape index (κ3) is 6.21. The van der Waals surface area contributed by atoms with Crippen molar-refractivity contribution in [3.8, 4) is 0 Å². The Bertz CT molecular complexity index is 1520. The summed E-state index contributed by atoms with van der Waals surface area (Å²) in [7, 11) is 0. The number of carbonyl (C=O) groups is 3. The average molecular weight is 598 g/mol. The van der Waals surface area contributed by atoms with Crippen molar-refractivity contribution >= 4 is 29.3 Å². The van der Waals surface area contributed by atoms with Crippen LogP contribution < -0.4 is 5.73 Å². The summed E-state index contributed by atoms with van der Waals surface area (Å²) in [6, 6.07) is 19.4. The SMILES string of the molecule is CCCCOC1CCC2CC(OC(=O)c3ccccc3C(N)Sc3cccc4c3C(=O)c3ccccc3C4=O)CCC2C1. The number of nitrogens with two attached hydrogens (primary N) is 1. The molecule has 5 unspecified atom stereocenters. The van der Waals surface area contributed by atoms with Crippen LogP contribution in [0.5, 0.6) is 0 Å². The number of ketones is 2. The molecule has 7 heteroatoms. The number of esters is 1. The van der Waals surface area contributed by atoms with E-state index < -0.39 is 5.37 Å². The van der Waals surface area contributed by atoms with Crippen molar-refractivity contribution in [3.05, 3.63) is 100 Å². The van der Waals surface area contributed by atoms with Crippen LogP contribution in [-0.2, 0) is 9.47 Å². The fraction of sp³-hybridized carbons (Fsp3) is 0.417. The molecule has 5 atom stereocenters. The van der Waals surface area contributed by atoms with Gasteiger partial charge < -0.3 is 15.2 Å². The first kappa shape index (κ1) is 29.8. The van der Waals surface area contributed by atoms with Gasteiger partial charge in [0, 0.05) is 33.8 Å². The number of fused-ring (bicyclic) bond motifs is 3. The van der Waals surface area contributed by atoms with Crippen molar-refractivity contribution in [2.24, 2.45) is 17.6 Å². The molecule has 43 heavy (non-hydrogen) atoms. The maximum Gasteiger partial charge on any atom is 0.338 e. The van der Waals surface area contributed by atoms with Gasteiger partial charge in [0.1, 0.15) is 6.10 Å². The second kappa shape index (κ2) is 13.2. The zero-order valence-corrected chi connectivity index (χ0v) is 25.4. The van der Waals surface area contributed by atoms with E-state index in [-0.39, 0.29) is 23.6 Å². The Hall–Kier alpha value is -3.26. The monoisotopic (exact) mass is 597 g/mol. The second-order valence-corrected chi connectivity index (χ2v) is 13.2. The highest BCUT2D eigenvalue weighted by Crippen LogP contribution is 2.43. The summed E-state index contributed by atoms with van der Waals surface area (Å²) >= 11 is 1.28. The molecule has 6 rings (SSSR count). The van der Waals surface area contributed by atoms with Crippen molar-refractivity contribution in [1.29, 1.82) is 0 Å². The molecule has 0 spiro atoms. The smallest absolute Gasteiger partial charge is 0.338 e. The van der Waals surface area contributed by atoms with Gasteiger partial charge in [0.2, 0.25) is 0 Å². The third-order valence-electron chi connectivity index (χ3n) is 9.30. The van der Waals surface area contributed by atoms with E-state index in [2.05, 4.69) is 6.92 Å². The van der Waals surface area contributed by atoms with E-state index >= 15 is 0 Å². The molecule has 0 aromatic heterocycles. The normalized spacial score (nSPS) is 23.6. The summed E-state index contributed by atoms with van der Waals surface area (Å²) in [5.74, 6) is 0.496. The molecule has 0 amide bonds. The van der Waals surface area contributed by atoms with Crippen LogP contribution in [0.1, 0.15) is 111 Å². The molecule has 3 aromatic carbocycles. The lowest BCUT2D eigenvalue weighted by Crippen LogP contribution is -2.37. The molecule has 0 bridgehead atoms. The summed E-state index contributed by atoms with van der Waals surface area (Å²) in [6.07, 6.45) is 8.69. The number of carbonyl (C=O) groups excluding carboxylic acids is 3. The Morgan fingerprint density at radius 3 is 2.26 bits per heavy atom. The van der Waals surface area contributed by atoms with Gasteiger partial charge in [-0.1, -0.05) is 67.9 Å². The summed E-state index contributed by atoms with van der Waals surface area (Å²) in [6.45, 7) is 3.04. The van der Waals surface area contributed by atoms with Crippen molar-refractivity contribution in [1.82, 2.24) is 0 Å². The fourth-order valence-electron chi connectivity index (χ4n) is 7.01. The Morgan fingerprint density at radius 2 is 1.49 bits per heavy atom. The zero-order valence-electron chi connectivity index (χ0n) is 24.6. The van der Waals surface area contributed by atoms with Gasteiger partial charge in [-0.3, -0.25) is 9.59 Å². The summed E-state index contributed by atoms with van der Waals surface area (Å²) in [5, 5.41) is -0.644. The van der Waals surface area contributed by atoms with Crippen LogP contribution in [0.3, 0.4) is 0 Å². The van der Waals surface area contributed by atoms with Crippen LogP contribution in [0.2, 0.25) is 0 Å². The van der Waals surface area contributed by atoms with E-state index in [0.29, 0.717) is 56.2 Å². The fourth-order valence-corrected chi connectivity index (χ4v) is 8.10. The molecule has 6 nitrogen and oxygen atoms in total. The van der Waals surface area contributed by atoms with E-state index in [0.717, 1.165) is 58.0 Å². The largest absolute Gasteiger partial charge is 0.459 e. The molecule has 3 aromatic rings. The molecule has 0 aliphatic heterocycles. The van der Waals surface area contributed by atoms with Gasteiger partial charge >= 0.3 is 5.97 Å². The molecule has 3 aliphatic carbocycles. The summed E-state index contributed by atoms with van der Waals surface area (Å²) in [5.41, 5.74) is 9.35. The Labute approximate surface area is 257 Å². The van der Waals surface area contributed by atoms with Crippen LogP contribution in [-0.4, -0.2) is 36.4 Å². The van der Waals surface area contributed by atoms with Crippen LogP contribution in [0.15, 0.2) is 71.6 Å².